The monoisotopic (exact) mass is 255 g/mol. The molecule has 0 aliphatic heterocycles. The average molecular weight is 255 g/mol. The molecule has 0 aliphatic carbocycles. The standard InChI is InChI=1S/C12H8F3NO2/c1-7-8(6-17)9-4-2-3-5-16(9)10(7)11(18)12(13,14)15/h2-6H,1H3. The number of halogens is 3. The highest BCUT2D eigenvalue weighted by Crippen LogP contribution is 2.28. The maximum absolute atomic E-state index is 12.5. The molecular weight excluding hydrogens is 247 g/mol. The first-order chi connectivity index (χ1) is 8.38. The molecule has 0 spiro atoms. The zero-order valence-corrected chi connectivity index (χ0v) is 9.28. The van der Waals surface area contributed by atoms with Crippen LogP contribution < -0.4 is 0 Å². The number of aldehydes is 1. The third-order valence-corrected chi connectivity index (χ3v) is 2.73. The molecule has 2 rings (SSSR count). The number of ketones is 1. The first kappa shape index (κ1) is 12.3. The predicted molar refractivity (Wildman–Crippen MR) is 57.9 cm³/mol. The van der Waals surface area contributed by atoms with Gasteiger partial charge < -0.3 is 4.40 Å². The number of rotatable bonds is 2. The Morgan fingerprint density at radius 1 is 1.33 bits per heavy atom. The van der Waals surface area contributed by atoms with Gasteiger partial charge in [-0.2, -0.15) is 13.2 Å². The van der Waals surface area contributed by atoms with Gasteiger partial charge >= 0.3 is 6.18 Å². The highest BCUT2D eigenvalue weighted by Gasteiger charge is 2.42. The van der Waals surface area contributed by atoms with Gasteiger partial charge in [-0.15, -0.1) is 0 Å². The summed E-state index contributed by atoms with van der Waals surface area (Å²) in [5, 5.41) is 0. The van der Waals surface area contributed by atoms with E-state index < -0.39 is 17.7 Å². The molecule has 0 aliphatic rings. The molecule has 2 aromatic rings. The summed E-state index contributed by atoms with van der Waals surface area (Å²) in [5.41, 5.74) is -0.0838. The Hall–Kier alpha value is -2.11. The summed E-state index contributed by atoms with van der Waals surface area (Å²) in [7, 11) is 0. The predicted octanol–water partition coefficient (Wildman–Crippen LogP) is 2.81. The minimum absolute atomic E-state index is 0.0403. The molecule has 0 radical (unpaired) electrons. The molecule has 2 heterocycles. The van der Waals surface area contributed by atoms with E-state index in [0.717, 1.165) is 4.40 Å². The Kier molecular flexibility index (Phi) is 2.73. The number of carbonyl (C=O) groups excluding carboxylic acids is 2. The zero-order chi connectivity index (χ0) is 13.5. The fourth-order valence-electron chi connectivity index (χ4n) is 1.92. The van der Waals surface area contributed by atoms with E-state index in [1.165, 1.54) is 25.3 Å². The van der Waals surface area contributed by atoms with Gasteiger partial charge in [0.25, 0.3) is 5.78 Å². The second-order valence-corrected chi connectivity index (χ2v) is 3.79. The molecule has 0 amide bonds. The molecule has 3 nitrogen and oxygen atoms in total. The summed E-state index contributed by atoms with van der Waals surface area (Å²) in [6, 6.07) is 4.57. The molecule has 0 aromatic carbocycles. The summed E-state index contributed by atoms with van der Waals surface area (Å²) >= 11 is 0. The minimum atomic E-state index is -4.96. The molecule has 0 N–H and O–H groups in total. The van der Waals surface area contributed by atoms with Crippen molar-refractivity contribution in [1.82, 2.24) is 4.40 Å². The lowest BCUT2D eigenvalue weighted by Gasteiger charge is -2.06. The van der Waals surface area contributed by atoms with E-state index >= 15 is 0 Å². The Morgan fingerprint density at radius 2 is 2.00 bits per heavy atom. The van der Waals surface area contributed by atoms with Crippen molar-refractivity contribution in [2.24, 2.45) is 0 Å². The minimum Gasteiger partial charge on any atom is -0.313 e. The number of hydrogen-bond acceptors (Lipinski definition) is 2. The lowest BCUT2D eigenvalue weighted by Crippen LogP contribution is -2.24. The van der Waals surface area contributed by atoms with E-state index in [9.17, 15) is 22.8 Å². The van der Waals surface area contributed by atoms with E-state index in [1.807, 2.05) is 0 Å². The van der Waals surface area contributed by atoms with Crippen LogP contribution in [0, 0.1) is 6.92 Å². The molecule has 18 heavy (non-hydrogen) atoms. The number of Topliss-reactive ketones (excluding diaryl/α,β-unsaturated/α-hetero) is 1. The number of aromatic nitrogens is 1. The van der Waals surface area contributed by atoms with E-state index in [-0.39, 0.29) is 16.6 Å². The highest BCUT2D eigenvalue weighted by atomic mass is 19.4. The maximum Gasteiger partial charge on any atom is 0.456 e. The summed E-state index contributed by atoms with van der Waals surface area (Å²) in [6.07, 6.45) is -3.18. The fourth-order valence-corrected chi connectivity index (χ4v) is 1.92. The van der Waals surface area contributed by atoms with Crippen LogP contribution in [0.15, 0.2) is 24.4 Å². The quantitative estimate of drug-likeness (QED) is 0.611. The Labute approximate surface area is 99.8 Å². The normalized spacial score (nSPS) is 11.8. The first-order valence-electron chi connectivity index (χ1n) is 5.04. The van der Waals surface area contributed by atoms with Gasteiger partial charge in [-0.25, -0.2) is 0 Å². The van der Waals surface area contributed by atoms with Crippen molar-refractivity contribution in [2.75, 3.05) is 0 Å². The molecule has 0 saturated heterocycles. The van der Waals surface area contributed by atoms with Crippen molar-refractivity contribution in [1.29, 1.82) is 0 Å². The van der Waals surface area contributed by atoms with Gasteiger partial charge in [0.15, 0.2) is 6.29 Å². The Bertz CT molecular complexity index is 641. The van der Waals surface area contributed by atoms with Crippen molar-refractivity contribution in [3.63, 3.8) is 0 Å². The third-order valence-electron chi connectivity index (χ3n) is 2.73. The van der Waals surface area contributed by atoms with Crippen LogP contribution in [-0.4, -0.2) is 22.6 Å². The molecule has 0 unspecified atom stereocenters. The van der Waals surface area contributed by atoms with Crippen LogP contribution in [0.5, 0.6) is 0 Å². The smallest absolute Gasteiger partial charge is 0.313 e. The lowest BCUT2D eigenvalue weighted by atomic mass is 10.1. The van der Waals surface area contributed by atoms with Crippen molar-refractivity contribution < 1.29 is 22.8 Å². The molecule has 0 fully saturated rings. The average Bonchev–Trinajstić information content (AvgIpc) is 2.58. The molecule has 6 heteroatoms. The summed E-state index contributed by atoms with van der Waals surface area (Å²) in [5.74, 6) is -1.95. The van der Waals surface area contributed by atoms with Crippen molar-refractivity contribution in [3.8, 4) is 0 Å². The molecule has 94 valence electrons. The molecule has 0 saturated carbocycles. The van der Waals surface area contributed by atoms with Gasteiger partial charge in [0.2, 0.25) is 0 Å². The third kappa shape index (κ3) is 1.70. The van der Waals surface area contributed by atoms with Crippen LogP contribution in [0.2, 0.25) is 0 Å². The van der Waals surface area contributed by atoms with Gasteiger partial charge in [-0.05, 0) is 24.6 Å². The maximum atomic E-state index is 12.5. The van der Waals surface area contributed by atoms with Gasteiger partial charge in [-0.1, -0.05) is 6.07 Å². The summed E-state index contributed by atoms with van der Waals surface area (Å²) < 4.78 is 38.6. The van der Waals surface area contributed by atoms with E-state index in [2.05, 4.69) is 0 Å². The number of alkyl halides is 3. The second-order valence-electron chi connectivity index (χ2n) is 3.79. The van der Waals surface area contributed by atoms with Crippen LogP contribution in [0.4, 0.5) is 13.2 Å². The van der Waals surface area contributed by atoms with Crippen molar-refractivity contribution >= 4 is 17.6 Å². The highest BCUT2D eigenvalue weighted by molar-refractivity contribution is 6.05. The second kappa shape index (κ2) is 3.97. The number of hydrogen-bond donors (Lipinski definition) is 0. The fraction of sp³-hybridized carbons (Fsp3) is 0.167. The number of carbonyl (C=O) groups is 2. The topological polar surface area (TPSA) is 38.5 Å². The number of nitrogens with zero attached hydrogens (tertiary/aromatic N) is 1. The SMILES string of the molecule is Cc1c(C=O)c2ccccn2c1C(=O)C(F)(F)F. The van der Waals surface area contributed by atoms with Crippen LogP contribution in [-0.2, 0) is 0 Å². The molecule has 0 bridgehead atoms. The van der Waals surface area contributed by atoms with E-state index in [1.54, 1.807) is 6.07 Å². The van der Waals surface area contributed by atoms with Gasteiger partial charge in [0, 0.05) is 11.8 Å². The number of pyridine rings is 1. The van der Waals surface area contributed by atoms with Crippen LogP contribution >= 0.6 is 0 Å². The van der Waals surface area contributed by atoms with Crippen LogP contribution in [0.1, 0.15) is 26.4 Å². The summed E-state index contributed by atoms with van der Waals surface area (Å²) in [6.45, 7) is 1.33. The van der Waals surface area contributed by atoms with E-state index in [0.29, 0.717) is 6.29 Å². The van der Waals surface area contributed by atoms with Gasteiger partial charge in [0.05, 0.1) is 5.52 Å². The van der Waals surface area contributed by atoms with Gasteiger partial charge in [0.1, 0.15) is 5.69 Å². The molecule has 2 aromatic heterocycles. The lowest BCUT2D eigenvalue weighted by molar-refractivity contribution is -0.0889. The van der Waals surface area contributed by atoms with E-state index in [4.69, 9.17) is 0 Å². The van der Waals surface area contributed by atoms with Crippen molar-refractivity contribution in [3.05, 3.63) is 41.2 Å². The Balaban J connectivity index is 2.83. The van der Waals surface area contributed by atoms with Crippen LogP contribution in [0.3, 0.4) is 0 Å². The first-order valence-corrected chi connectivity index (χ1v) is 5.04. The van der Waals surface area contributed by atoms with Crippen molar-refractivity contribution in [2.45, 2.75) is 13.1 Å². The van der Waals surface area contributed by atoms with Gasteiger partial charge in [-0.3, -0.25) is 9.59 Å². The number of fused-ring (bicyclic) bond motifs is 1. The molecule has 0 atom stereocenters. The zero-order valence-electron chi connectivity index (χ0n) is 9.28. The Morgan fingerprint density at radius 3 is 2.56 bits per heavy atom. The largest absolute Gasteiger partial charge is 0.456 e. The summed E-state index contributed by atoms with van der Waals surface area (Å²) in [4.78, 5) is 22.3. The molecular formula is C12H8F3NO2. The van der Waals surface area contributed by atoms with Crippen LogP contribution in [0.25, 0.3) is 5.52 Å².